The normalized spacial score (nSPS) is 32.2. The molecule has 0 aliphatic heterocycles. The van der Waals surface area contributed by atoms with Gasteiger partial charge in [-0.05, 0) is 43.6 Å². The van der Waals surface area contributed by atoms with Gasteiger partial charge in [0.2, 0.25) is 0 Å². The summed E-state index contributed by atoms with van der Waals surface area (Å²) >= 11 is 0. The van der Waals surface area contributed by atoms with Gasteiger partial charge >= 0.3 is 0 Å². The zero-order chi connectivity index (χ0) is 9.26. The van der Waals surface area contributed by atoms with Crippen molar-refractivity contribution in [2.75, 3.05) is 0 Å². The molecule has 0 bridgehead atoms. The fourth-order valence-corrected chi connectivity index (χ4v) is 2.67. The average Bonchev–Trinajstić information content (AvgIpc) is 2.18. The van der Waals surface area contributed by atoms with E-state index in [2.05, 4.69) is 38.2 Å². The summed E-state index contributed by atoms with van der Waals surface area (Å²) in [7, 11) is 0. The van der Waals surface area contributed by atoms with Gasteiger partial charge in [-0.3, -0.25) is 0 Å². The van der Waals surface area contributed by atoms with Crippen LogP contribution in [0.3, 0.4) is 0 Å². The maximum atomic E-state index is 2.32. The van der Waals surface area contributed by atoms with E-state index in [0.717, 1.165) is 11.8 Å². The Morgan fingerprint density at radius 3 is 3.00 bits per heavy atom. The average molecular weight is 174 g/mol. The van der Waals surface area contributed by atoms with Gasteiger partial charge in [0.15, 0.2) is 0 Å². The Morgan fingerprint density at radius 2 is 2.23 bits per heavy atom. The van der Waals surface area contributed by atoms with Crippen molar-refractivity contribution in [3.8, 4) is 0 Å². The smallest absolute Gasteiger partial charge is 0.00936 e. The lowest BCUT2D eigenvalue weighted by atomic mass is 9.72. The van der Waals surface area contributed by atoms with Gasteiger partial charge in [0.1, 0.15) is 0 Å². The first-order valence-electron chi connectivity index (χ1n) is 5.38. The molecule has 0 heteroatoms. The van der Waals surface area contributed by atoms with Crippen LogP contribution >= 0.6 is 0 Å². The molecule has 0 fully saturated rings. The second kappa shape index (κ2) is 3.53. The van der Waals surface area contributed by atoms with E-state index < -0.39 is 0 Å². The van der Waals surface area contributed by atoms with Gasteiger partial charge in [-0.2, -0.15) is 0 Å². The summed E-state index contributed by atoms with van der Waals surface area (Å²) in [4.78, 5) is 0. The zero-order valence-corrected chi connectivity index (χ0v) is 8.59. The van der Waals surface area contributed by atoms with E-state index >= 15 is 0 Å². The standard InChI is InChI=1S/C13H18/c1-3-12-10(2)8-9-11-6-4-5-7-13(11)12/h4,6,8-9,12-13H,3,5,7H2,1-2H3. The van der Waals surface area contributed by atoms with Crippen molar-refractivity contribution in [3.05, 3.63) is 35.5 Å². The molecule has 0 heterocycles. The molecule has 70 valence electrons. The molecule has 0 aromatic carbocycles. The second-order valence-corrected chi connectivity index (χ2v) is 4.18. The predicted molar refractivity (Wildman–Crippen MR) is 57.5 cm³/mol. The van der Waals surface area contributed by atoms with Gasteiger partial charge in [-0.25, -0.2) is 0 Å². The molecule has 0 aromatic rings. The molecule has 2 aliphatic carbocycles. The highest BCUT2D eigenvalue weighted by Gasteiger charge is 2.26. The van der Waals surface area contributed by atoms with Crippen LogP contribution in [-0.2, 0) is 0 Å². The van der Waals surface area contributed by atoms with Gasteiger partial charge in [-0.1, -0.05) is 36.8 Å². The van der Waals surface area contributed by atoms with E-state index in [9.17, 15) is 0 Å². The highest BCUT2D eigenvalue weighted by molar-refractivity contribution is 5.36. The van der Waals surface area contributed by atoms with Crippen LogP contribution in [-0.4, -0.2) is 0 Å². The van der Waals surface area contributed by atoms with Crippen molar-refractivity contribution in [1.82, 2.24) is 0 Å². The Morgan fingerprint density at radius 1 is 1.38 bits per heavy atom. The molecule has 0 spiro atoms. The number of hydrogen-bond donors (Lipinski definition) is 0. The molecule has 0 nitrogen and oxygen atoms in total. The Labute approximate surface area is 81.0 Å². The summed E-state index contributed by atoms with van der Waals surface area (Å²) in [5, 5.41) is 0. The SMILES string of the molecule is CCC1C(C)=CC=C2C=CCCC21. The van der Waals surface area contributed by atoms with Crippen molar-refractivity contribution in [1.29, 1.82) is 0 Å². The first-order chi connectivity index (χ1) is 6.33. The van der Waals surface area contributed by atoms with Crippen molar-refractivity contribution in [2.45, 2.75) is 33.1 Å². The topological polar surface area (TPSA) is 0 Å². The first-order valence-corrected chi connectivity index (χ1v) is 5.38. The van der Waals surface area contributed by atoms with Gasteiger partial charge < -0.3 is 0 Å². The van der Waals surface area contributed by atoms with Crippen molar-refractivity contribution >= 4 is 0 Å². The van der Waals surface area contributed by atoms with Crippen LogP contribution in [0, 0.1) is 11.8 Å². The molecule has 13 heavy (non-hydrogen) atoms. The molecule has 0 saturated heterocycles. The van der Waals surface area contributed by atoms with Gasteiger partial charge in [-0.15, -0.1) is 0 Å². The Hall–Kier alpha value is -0.780. The molecule has 0 aromatic heterocycles. The maximum Gasteiger partial charge on any atom is -0.00936 e. The predicted octanol–water partition coefficient (Wildman–Crippen LogP) is 3.87. The summed E-state index contributed by atoms with van der Waals surface area (Å²) in [5.74, 6) is 1.63. The zero-order valence-electron chi connectivity index (χ0n) is 8.59. The van der Waals surface area contributed by atoms with Gasteiger partial charge in [0.25, 0.3) is 0 Å². The van der Waals surface area contributed by atoms with Crippen LogP contribution in [0.5, 0.6) is 0 Å². The molecule has 2 aliphatic rings. The van der Waals surface area contributed by atoms with E-state index in [4.69, 9.17) is 0 Å². The van der Waals surface area contributed by atoms with E-state index in [1.165, 1.54) is 19.3 Å². The fourth-order valence-electron chi connectivity index (χ4n) is 2.67. The Kier molecular flexibility index (Phi) is 2.39. The van der Waals surface area contributed by atoms with E-state index in [0.29, 0.717) is 0 Å². The van der Waals surface area contributed by atoms with Crippen LogP contribution in [0.2, 0.25) is 0 Å². The number of allylic oxidation sites excluding steroid dienone is 6. The van der Waals surface area contributed by atoms with Crippen LogP contribution in [0.25, 0.3) is 0 Å². The fraction of sp³-hybridized carbons (Fsp3) is 0.538. The van der Waals surface area contributed by atoms with E-state index in [1.807, 2.05) is 0 Å². The van der Waals surface area contributed by atoms with Crippen LogP contribution in [0.4, 0.5) is 0 Å². The Bertz CT molecular complexity index is 278. The molecular formula is C13H18. The summed E-state index contributed by atoms with van der Waals surface area (Å²) in [5.41, 5.74) is 3.13. The molecular weight excluding hydrogens is 156 g/mol. The highest BCUT2D eigenvalue weighted by atomic mass is 14.3. The molecule has 0 amide bonds. The Balaban J connectivity index is 2.30. The van der Waals surface area contributed by atoms with Crippen LogP contribution in [0.15, 0.2) is 35.5 Å². The first kappa shape index (κ1) is 8.80. The van der Waals surface area contributed by atoms with Gasteiger partial charge in [0, 0.05) is 0 Å². The maximum absolute atomic E-state index is 2.32. The number of rotatable bonds is 1. The van der Waals surface area contributed by atoms with Crippen LogP contribution in [0.1, 0.15) is 33.1 Å². The third-order valence-corrected chi connectivity index (χ3v) is 3.43. The summed E-state index contributed by atoms with van der Waals surface area (Å²) in [6.07, 6.45) is 13.1. The van der Waals surface area contributed by atoms with E-state index in [-0.39, 0.29) is 0 Å². The molecule has 2 atom stereocenters. The highest BCUT2D eigenvalue weighted by Crippen LogP contribution is 2.39. The van der Waals surface area contributed by atoms with Gasteiger partial charge in [0.05, 0.1) is 0 Å². The third kappa shape index (κ3) is 1.50. The molecule has 0 radical (unpaired) electrons. The monoisotopic (exact) mass is 174 g/mol. The quantitative estimate of drug-likeness (QED) is 0.566. The second-order valence-electron chi connectivity index (χ2n) is 4.18. The lowest BCUT2D eigenvalue weighted by Gasteiger charge is -2.32. The number of hydrogen-bond acceptors (Lipinski definition) is 0. The van der Waals surface area contributed by atoms with Crippen molar-refractivity contribution < 1.29 is 0 Å². The summed E-state index contributed by atoms with van der Waals surface area (Å²) < 4.78 is 0. The van der Waals surface area contributed by atoms with Crippen molar-refractivity contribution in [3.63, 3.8) is 0 Å². The van der Waals surface area contributed by atoms with Crippen LogP contribution < -0.4 is 0 Å². The number of fused-ring (bicyclic) bond motifs is 1. The lowest BCUT2D eigenvalue weighted by molar-refractivity contribution is 0.392. The minimum Gasteiger partial charge on any atom is -0.0842 e. The minimum absolute atomic E-state index is 0.810. The lowest BCUT2D eigenvalue weighted by Crippen LogP contribution is -2.21. The molecule has 2 rings (SSSR count). The molecule has 0 saturated carbocycles. The minimum atomic E-state index is 0.810. The van der Waals surface area contributed by atoms with Crippen molar-refractivity contribution in [2.24, 2.45) is 11.8 Å². The third-order valence-electron chi connectivity index (χ3n) is 3.43. The van der Waals surface area contributed by atoms with E-state index in [1.54, 1.807) is 11.1 Å². The summed E-state index contributed by atoms with van der Waals surface area (Å²) in [6.45, 7) is 4.59. The molecule has 0 N–H and O–H groups in total. The summed E-state index contributed by atoms with van der Waals surface area (Å²) in [6, 6.07) is 0. The largest absolute Gasteiger partial charge is 0.0842 e. The molecule has 2 unspecified atom stereocenters.